The average molecular weight is 452 g/mol. The molecule has 31 heavy (non-hydrogen) atoms. The summed E-state index contributed by atoms with van der Waals surface area (Å²) < 4.78 is 0. The van der Waals surface area contributed by atoms with E-state index in [1.807, 2.05) is 4.90 Å². The predicted octanol–water partition coefficient (Wildman–Crippen LogP) is 4.00. The van der Waals surface area contributed by atoms with Gasteiger partial charge in [0.05, 0.1) is 0 Å². The zero-order valence-electron chi connectivity index (χ0n) is 19.2. The first kappa shape index (κ1) is 24.4. The molecule has 2 aliphatic heterocycles. The van der Waals surface area contributed by atoms with Crippen LogP contribution < -0.4 is 5.32 Å². The number of hydrogen-bond acceptors (Lipinski definition) is 4. The van der Waals surface area contributed by atoms with Crippen molar-refractivity contribution in [1.29, 1.82) is 0 Å². The highest BCUT2D eigenvalue weighted by Gasteiger charge is 2.36. The van der Waals surface area contributed by atoms with Crippen LogP contribution in [0.2, 0.25) is 0 Å². The number of aliphatic hydroxyl groups is 1. The van der Waals surface area contributed by atoms with Crippen molar-refractivity contribution in [2.45, 2.75) is 77.2 Å². The first-order valence-electron chi connectivity index (χ1n) is 12.4. The number of likely N-dealkylation sites (tertiary alicyclic amines) is 2. The molecule has 0 aromatic heterocycles. The van der Waals surface area contributed by atoms with Crippen LogP contribution in [-0.4, -0.2) is 71.4 Å². The summed E-state index contributed by atoms with van der Waals surface area (Å²) in [5, 5.41) is 13.8. The molecule has 0 aromatic carbocycles. The minimum absolute atomic E-state index is 0.0131. The van der Waals surface area contributed by atoms with Gasteiger partial charge in [0, 0.05) is 50.2 Å². The molecule has 1 aliphatic carbocycles. The third-order valence-electron chi connectivity index (χ3n) is 7.23. The molecule has 0 spiro atoms. The van der Waals surface area contributed by atoms with Crippen LogP contribution in [0.3, 0.4) is 0 Å². The number of carbonyl (C=O) groups is 2. The molecule has 2 heterocycles. The zero-order valence-corrected chi connectivity index (χ0v) is 20.0. The van der Waals surface area contributed by atoms with Crippen molar-refractivity contribution in [2.75, 3.05) is 38.5 Å². The maximum atomic E-state index is 13.3. The molecular formula is C24H41N3O3S. The van der Waals surface area contributed by atoms with E-state index in [-0.39, 0.29) is 18.5 Å². The molecule has 6 nitrogen and oxygen atoms in total. The number of aliphatic hydroxyl groups excluding tert-OH is 1. The molecule has 3 amide bonds. The first-order valence-corrected chi connectivity index (χ1v) is 13.4. The Kier molecular flexibility index (Phi) is 10.0. The van der Waals surface area contributed by atoms with Gasteiger partial charge in [0.15, 0.2) is 0 Å². The van der Waals surface area contributed by atoms with Gasteiger partial charge < -0.3 is 20.2 Å². The van der Waals surface area contributed by atoms with E-state index in [0.29, 0.717) is 24.9 Å². The summed E-state index contributed by atoms with van der Waals surface area (Å²) in [4.78, 5) is 29.5. The third kappa shape index (κ3) is 6.88. The molecule has 0 bridgehead atoms. The van der Waals surface area contributed by atoms with E-state index in [9.17, 15) is 9.59 Å². The summed E-state index contributed by atoms with van der Waals surface area (Å²) >= 11 is 1.78. The number of urea groups is 1. The Morgan fingerprint density at radius 1 is 1.06 bits per heavy atom. The van der Waals surface area contributed by atoms with Gasteiger partial charge in [0.2, 0.25) is 0 Å². The van der Waals surface area contributed by atoms with E-state index in [2.05, 4.69) is 22.5 Å². The third-order valence-corrected chi connectivity index (χ3v) is 8.35. The second kappa shape index (κ2) is 12.7. The van der Waals surface area contributed by atoms with Crippen molar-refractivity contribution in [3.05, 3.63) is 11.0 Å². The van der Waals surface area contributed by atoms with Crippen LogP contribution >= 0.6 is 11.8 Å². The van der Waals surface area contributed by atoms with Gasteiger partial charge in [-0.3, -0.25) is 4.79 Å². The first-order chi connectivity index (χ1) is 15.1. The minimum atomic E-state index is -0.0131. The highest BCUT2D eigenvalue weighted by Crippen LogP contribution is 2.36. The molecule has 2 unspecified atom stereocenters. The van der Waals surface area contributed by atoms with E-state index in [1.54, 1.807) is 11.8 Å². The van der Waals surface area contributed by atoms with E-state index in [4.69, 9.17) is 5.11 Å². The van der Waals surface area contributed by atoms with E-state index >= 15 is 0 Å². The van der Waals surface area contributed by atoms with Crippen molar-refractivity contribution in [2.24, 2.45) is 11.8 Å². The lowest BCUT2D eigenvalue weighted by Crippen LogP contribution is -2.50. The number of nitrogens with zero attached hydrogens (tertiary/aromatic N) is 2. The van der Waals surface area contributed by atoms with Gasteiger partial charge in [-0.05, 0) is 68.6 Å². The molecule has 3 aliphatic rings. The fraction of sp³-hybridized carbons (Fsp3) is 0.833. The van der Waals surface area contributed by atoms with Crippen LogP contribution in [0.25, 0.3) is 0 Å². The SMILES string of the molecule is CC/C(=C\SCC1CCN(C(=O)NCCCO)CC1)C(=O)N1CCCC2CCCCC21. The maximum Gasteiger partial charge on any atom is 0.317 e. The molecule has 2 atom stereocenters. The summed E-state index contributed by atoms with van der Waals surface area (Å²) in [7, 11) is 0. The smallest absolute Gasteiger partial charge is 0.317 e. The second-order valence-corrected chi connectivity index (χ2v) is 10.2. The number of fused-ring (bicyclic) bond motifs is 1. The maximum absolute atomic E-state index is 13.3. The van der Waals surface area contributed by atoms with Gasteiger partial charge >= 0.3 is 6.03 Å². The van der Waals surface area contributed by atoms with Crippen molar-refractivity contribution in [1.82, 2.24) is 15.1 Å². The van der Waals surface area contributed by atoms with Gasteiger partial charge in [0.25, 0.3) is 5.91 Å². The number of rotatable bonds is 8. The summed E-state index contributed by atoms with van der Waals surface area (Å²) in [6.45, 7) is 5.24. The molecule has 2 N–H and O–H groups in total. The fourth-order valence-electron chi connectivity index (χ4n) is 5.32. The Bertz CT molecular complexity index is 617. The Morgan fingerprint density at radius 2 is 1.81 bits per heavy atom. The van der Waals surface area contributed by atoms with Gasteiger partial charge in [0.1, 0.15) is 0 Å². The predicted molar refractivity (Wildman–Crippen MR) is 127 cm³/mol. The van der Waals surface area contributed by atoms with Gasteiger partial charge in [-0.1, -0.05) is 19.8 Å². The molecule has 2 saturated heterocycles. The Morgan fingerprint density at radius 3 is 2.55 bits per heavy atom. The lowest BCUT2D eigenvalue weighted by Gasteiger charge is -2.44. The van der Waals surface area contributed by atoms with Crippen LogP contribution in [0.5, 0.6) is 0 Å². The van der Waals surface area contributed by atoms with Crippen LogP contribution in [-0.2, 0) is 4.79 Å². The number of amides is 3. The van der Waals surface area contributed by atoms with Crippen molar-refractivity contribution in [3.8, 4) is 0 Å². The van der Waals surface area contributed by atoms with E-state index < -0.39 is 0 Å². The monoisotopic (exact) mass is 451 g/mol. The van der Waals surface area contributed by atoms with Gasteiger partial charge in [-0.25, -0.2) is 4.79 Å². The molecule has 7 heteroatoms. The van der Waals surface area contributed by atoms with Crippen LogP contribution in [0.1, 0.15) is 71.1 Å². The highest BCUT2D eigenvalue weighted by molar-refractivity contribution is 8.02. The highest BCUT2D eigenvalue weighted by atomic mass is 32.2. The van der Waals surface area contributed by atoms with Crippen molar-refractivity contribution in [3.63, 3.8) is 0 Å². The molecule has 176 valence electrons. The van der Waals surface area contributed by atoms with Gasteiger partial charge in [-0.2, -0.15) is 0 Å². The number of nitrogens with one attached hydrogen (secondary N) is 1. The minimum Gasteiger partial charge on any atom is -0.396 e. The lowest BCUT2D eigenvalue weighted by atomic mass is 9.78. The van der Waals surface area contributed by atoms with Crippen molar-refractivity contribution >= 4 is 23.7 Å². The fourth-order valence-corrected chi connectivity index (χ4v) is 6.49. The number of thioether (sulfide) groups is 1. The molecular weight excluding hydrogens is 410 g/mol. The van der Waals surface area contributed by atoms with Crippen LogP contribution in [0.15, 0.2) is 11.0 Å². The second-order valence-electron chi connectivity index (χ2n) is 9.32. The summed E-state index contributed by atoms with van der Waals surface area (Å²) in [6.07, 6.45) is 11.0. The number of hydrogen-bond donors (Lipinski definition) is 2. The number of carbonyl (C=O) groups excluding carboxylic acids is 2. The summed E-state index contributed by atoms with van der Waals surface area (Å²) in [5.41, 5.74) is 0.969. The quantitative estimate of drug-likeness (QED) is 0.432. The summed E-state index contributed by atoms with van der Waals surface area (Å²) in [6, 6.07) is 0.462. The van der Waals surface area contributed by atoms with Gasteiger partial charge in [-0.15, -0.1) is 11.8 Å². The molecule has 0 radical (unpaired) electrons. The van der Waals surface area contributed by atoms with E-state index in [1.165, 1.54) is 32.1 Å². The Balaban J connectivity index is 1.43. The van der Waals surface area contributed by atoms with Crippen molar-refractivity contribution < 1.29 is 14.7 Å². The normalized spacial score (nSPS) is 25.3. The summed E-state index contributed by atoms with van der Waals surface area (Å²) in [5.74, 6) is 2.61. The van der Waals surface area contributed by atoms with Crippen LogP contribution in [0, 0.1) is 11.8 Å². The standard InChI is InChI=1S/C24H41N3O3S/c1-2-20(23(29)27-13-5-8-21-7-3-4-9-22(21)27)18-31-17-19-10-14-26(15-11-19)24(30)25-12-6-16-28/h18-19,21-22,28H,2-17H2,1H3,(H,25,30)/b20-18+. The zero-order chi connectivity index (χ0) is 22.1. The topological polar surface area (TPSA) is 72.9 Å². The molecule has 3 rings (SSSR count). The molecule has 0 aromatic rings. The van der Waals surface area contributed by atoms with Crippen LogP contribution in [0.4, 0.5) is 4.79 Å². The number of piperidine rings is 2. The average Bonchev–Trinajstić information content (AvgIpc) is 2.81. The molecule has 1 saturated carbocycles. The Labute approximate surface area is 192 Å². The Hall–Kier alpha value is -1.21. The largest absolute Gasteiger partial charge is 0.396 e. The molecule has 3 fully saturated rings. The van der Waals surface area contributed by atoms with E-state index in [0.717, 1.165) is 62.6 Å². The lowest BCUT2D eigenvalue weighted by molar-refractivity contribution is -0.133.